The van der Waals surface area contributed by atoms with E-state index >= 15 is 0 Å². The van der Waals surface area contributed by atoms with Crippen molar-refractivity contribution in [2.24, 2.45) is 0 Å². The smallest absolute Gasteiger partial charge is 0.272 e. The lowest BCUT2D eigenvalue weighted by Gasteiger charge is -2.04. The first-order chi connectivity index (χ1) is 11.1. The van der Waals surface area contributed by atoms with Gasteiger partial charge in [0.25, 0.3) is 5.69 Å². The van der Waals surface area contributed by atoms with Gasteiger partial charge in [0.1, 0.15) is 10.8 Å². The Morgan fingerprint density at radius 2 is 2.00 bits per heavy atom. The Bertz CT molecular complexity index is 874. The second-order valence-corrected chi connectivity index (χ2v) is 5.85. The van der Waals surface area contributed by atoms with Crippen molar-refractivity contribution >= 4 is 17.0 Å². The maximum atomic E-state index is 11.1. The summed E-state index contributed by atoms with van der Waals surface area (Å²) in [4.78, 5) is 15.3. The van der Waals surface area contributed by atoms with Crippen LogP contribution in [0, 0.1) is 17.0 Å². The fourth-order valence-corrected chi connectivity index (χ4v) is 3.18. The number of nitro benzene ring substituents is 1. The van der Waals surface area contributed by atoms with Gasteiger partial charge in [0, 0.05) is 22.6 Å². The van der Waals surface area contributed by atoms with E-state index in [0.717, 1.165) is 27.6 Å². The van der Waals surface area contributed by atoms with E-state index in [1.807, 2.05) is 35.7 Å². The third kappa shape index (κ3) is 2.93. The first kappa shape index (κ1) is 15.2. The van der Waals surface area contributed by atoms with E-state index in [-0.39, 0.29) is 10.6 Å². The SMILES string of the molecule is COc1ccccc1-c1nc(-c2ccc(C)c([N+](=O)[O-])c2)cs1. The van der Waals surface area contributed by atoms with E-state index in [1.165, 1.54) is 11.3 Å². The molecule has 5 nitrogen and oxygen atoms in total. The molecule has 0 amide bonds. The number of nitro groups is 1. The molecule has 0 atom stereocenters. The predicted octanol–water partition coefficient (Wildman–Crippen LogP) is 4.70. The Morgan fingerprint density at radius 1 is 1.22 bits per heavy atom. The maximum Gasteiger partial charge on any atom is 0.272 e. The van der Waals surface area contributed by atoms with E-state index in [0.29, 0.717) is 5.56 Å². The fraction of sp³-hybridized carbons (Fsp3) is 0.118. The molecule has 0 saturated carbocycles. The molecule has 0 saturated heterocycles. The van der Waals surface area contributed by atoms with Crippen molar-refractivity contribution in [3.63, 3.8) is 0 Å². The van der Waals surface area contributed by atoms with Gasteiger partial charge in [-0.25, -0.2) is 4.98 Å². The van der Waals surface area contributed by atoms with Crippen LogP contribution >= 0.6 is 11.3 Å². The minimum atomic E-state index is -0.369. The van der Waals surface area contributed by atoms with Crippen LogP contribution in [0.5, 0.6) is 5.75 Å². The summed E-state index contributed by atoms with van der Waals surface area (Å²) < 4.78 is 5.36. The average Bonchev–Trinajstić information content (AvgIpc) is 3.04. The minimum Gasteiger partial charge on any atom is -0.496 e. The summed E-state index contributed by atoms with van der Waals surface area (Å²) in [5, 5.41) is 13.8. The van der Waals surface area contributed by atoms with E-state index in [1.54, 1.807) is 26.2 Å². The van der Waals surface area contributed by atoms with Crippen LogP contribution in [0.4, 0.5) is 5.69 Å². The van der Waals surface area contributed by atoms with Crippen LogP contribution in [-0.2, 0) is 0 Å². The lowest BCUT2D eigenvalue weighted by atomic mass is 10.1. The van der Waals surface area contributed by atoms with Gasteiger partial charge in [-0.05, 0) is 19.1 Å². The molecule has 6 heteroatoms. The molecule has 0 fully saturated rings. The van der Waals surface area contributed by atoms with Gasteiger partial charge in [0.15, 0.2) is 0 Å². The van der Waals surface area contributed by atoms with E-state index in [4.69, 9.17) is 4.74 Å². The number of para-hydroxylation sites is 1. The van der Waals surface area contributed by atoms with Crippen LogP contribution in [0.2, 0.25) is 0 Å². The zero-order valence-electron chi connectivity index (χ0n) is 12.6. The average molecular weight is 326 g/mol. The highest BCUT2D eigenvalue weighted by Gasteiger charge is 2.15. The normalized spacial score (nSPS) is 10.5. The maximum absolute atomic E-state index is 11.1. The molecule has 0 radical (unpaired) electrons. The Hall–Kier alpha value is -2.73. The number of rotatable bonds is 4. The zero-order valence-corrected chi connectivity index (χ0v) is 13.5. The molecule has 0 spiro atoms. The summed E-state index contributed by atoms with van der Waals surface area (Å²) in [6, 6.07) is 12.8. The highest BCUT2D eigenvalue weighted by molar-refractivity contribution is 7.13. The molecule has 0 unspecified atom stereocenters. The quantitative estimate of drug-likeness (QED) is 0.515. The molecule has 0 aliphatic rings. The van der Waals surface area contributed by atoms with Crippen LogP contribution in [0.3, 0.4) is 0 Å². The van der Waals surface area contributed by atoms with Crippen molar-refractivity contribution in [3.8, 4) is 27.6 Å². The standard InChI is InChI=1S/C17H14N2O3S/c1-11-7-8-12(9-15(11)19(20)21)14-10-23-17(18-14)13-5-3-4-6-16(13)22-2/h3-10H,1-2H3. The molecular formula is C17H14N2O3S. The Morgan fingerprint density at radius 3 is 2.74 bits per heavy atom. The molecule has 116 valence electrons. The minimum absolute atomic E-state index is 0.106. The summed E-state index contributed by atoms with van der Waals surface area (Å²) >= 11 is 1.48. The van der Waals surface area contributed by atoms with Gasteiger partial charge in [0.2, 0.25) is 0 Å². The van der Waals surface area contributed by atoms with Crippen molar-refractivity contribution in [1.29, 1.82) is 0 Å². The number of hydrogen-bond acceptors (Lipinski definition) is 5. The van der Waals surface area contributed by atoms with Crippen molar-refractivity contribution < 1.29 is 9.66 Å². The van der Waals surface area contributed by atoms with Crippen LogP contribution in [0.15, 0.2) is 47.8 Å². The Labute approximate surface area is 137 Å². The molecular weight excluding hydrogens is 312 g/mol. The number of aryl methyl sites for hydroxylation is 1. The van der Waals surface area contributed by atoms with E-state index in [9.17, 15) is 10.1 Å². The van der Waals surface area contributed by atoms with Gasteiger partial charge in [0.05, 0.1) is 23.3 Å². The molecule has 3 aromatic rings. The van der Waals surface area contributed by atoms with Crippen molar-refractivity contribution in [2.45, 2.75) is 6.92 Å². The third-order valence-electron chi connectivity index (χ3n) is 3.54. The molecule has 0 aliphatic carbocycles. The topological polar surface area (TPSA) is 65.3 Å². The van der Waals surface area contributed by atoms with E-state index in [2.05, 4.69) is 4.98 Å². The lowest BCUT2D eigenvalue weighted by molar-refractivity contribution is -0.385. The summed E-state index contributed by atoms with van der Waals surface area (Å²) in [5.41, 5.74) is 3.11. The van der Waals surface area contributed by atoms with Crippen molar-refractivity contribution in [2.75, 3.05) is 7.11 Å². The van der Waals surface area contributed by atoms with Crippen LogP contribution in [0.25, 0.3) is 21.8 Å². The summed E-state index contributed by atoms with van der Waals surface area (Å²) in [5.74, 6) is 0.753. The number of nitrogens with zero attached hydrogens (tertiary/aromatic N) is 2. The van der Waals surface area contributed by atoms with Crippen molar-refractivity contribution in [1.82, 2.24) is 4.98 Å². The van der Waals surface area contributed by atoms with Gasteiger partial charge < -0.3 is 4.74 Å². The molecule has 3 rings (SSSR count). The molecule has 0 aliphatic heterocycles. The van der Waals surface area contributed by atoms with Crippen LogP contribution in [0.1, 0.15) is 5.56 Å². The van der Waals surface area contributed by atoms with Gasteiger partial charge in [-0.2, -0.15) is 0 Å². The number of benzene rings is 2. The Kier molecular flexibility index (Phi) is 4.08. The summed E-state index contributed by atoms with van der Waals surface area (Å²) in [7, 11) is 1.62. The fourth-order valence-electron chi connectivity index (χ4n) is 2.32. The molecule has 0 N–H and O–H groups in total. The number of hydrogen-bond donors (Lipinski definition) is 0. The predicted molar refractivity (Wildman–Crippen MR) is 90.9 cm³/mol. The highest BCUT2D eigenvalue weighted by atomic mass is 32.1. The summed E-state index contributed by atoms with van der Waals surface area (Å²) in [6.07, 6.45) is 0. The van der Waals surface area contributed by atoms with Gasteiger partial charge in [-0.3, -0.25) is 10.1 Å². The van der Waals surface area contributed by atoms with E-state index < -0.39 is 0 Å². The molecule has 1 aromatic heterocycles. The molecule has 0 bridgehead atoms. The van der Waals surface area contributed by atoms with Crippen LogP contribution in [-0.4, -0.2) is 17.0 Å². The van der Waals surface area contributed by atoms with Gasteiger partial charge in [-0.1, -0.05) is 24.3 Å². The molecule has 23 heavy (non-hydrogen) atoms. The lowest BCUT2D eigenvalue weighted by Crippen LogP contribution is -1.92. The second-order valence-electron chi connectivity index (χ2n) is 5.00. The van der Waals surface area contributed by atoms with Gasteiger partial charge in [-0.15, -0.1) is 11.3 Å². The second kappa shape index (κ2) is 6.18. The first-order valence-electron chi connectivity index (χ1n) is 6.94. The number of ether oxygens (including phenoxy) is 1. The zero-order chi connectivity index (χ0) is 16.4. The van der Waals surface area contributed by atoms with Crippen LogP contribution < -0.4 is 4.74 Å². The monoisotopic (exact) mass is 326 g/mol. The Balaban J connectivity index is 2.03. The number of thiazole rings is 1. The number of methoxy groups -OCH3 is 1. The largest absolute Gasteiger partial charge is 0.496 e. The van der Waals surface area contributed by atoms with Crippen molar-refractivity contribution in [3.05, 3.63) is 63.5 Å². The molecule has 1 heterocycles. The molecule has 2 aromatic carbocycles. The summed E-state index contributed by atoms with van der Waals surface area (Å²) in [6.45, 7) is 1.73. The highest BCUT2D eigenvalue weighted by Crippen LogP contribution is 2.35. The van der Waals surface area contributed by atoms with Gasteiger partial charge >= 0.3 is 0 Å². The third-order valence-corrected chi connectivity index (χ3v) is 4.42. The number of aromatic nitrogens is 1. The first-order valence-corrected chi connectivity index (χ1v) is 7.82.